The molecule has 0 fully saturated rings. The van der Waals surface area contributed by atoms with Crippen LogP contribution < -0.4 is 14.8 Å². The number of carbonyl (C=O) groups excluding carboxylic acids is 2. The van der Waals surface area contributed by atoms with Gasteiger partial charge in [-0.15, -0.1) is 0 Å². The molecule has 1 unspecified atom stereocenters. The lowest BCUT2D eigenvalue weighted by atomic mass is 9.84. The third-order valence-electron chi connectivity index (χ3n) is 7.68. The van der Waals surface area contributed by atoms with Crippen molar-refractivity contribution in [2.24, 2.45) is 0 Å². The molecule has 0 aliphatic carbocycles. The molecule has 198 valence electrons. The fraction of sp³-hybridized carbons (Fsp3) is 0.250. The van der Waals surface area contributed by atoms with Crippen LogP contribution in [0.2, 0.25) is 0 Å². The number of rotatable bonds is 6. The van der Waals surface area contributed by atoms with Gasteiger partial charge in [-0.2, -0.15) is 0 Å². The summed E-state index contributed by atoms with van der Waals surface area (Å²) in [6.07, 6.45) is 1.96. The lowest BCUT2D eigenvalue weighted by Gasteiger charge is -2.21. The molecule has 0 bridgehead atoms. The summed E-state index contributed by atoms with van der Waals surface area (Å²) in [6.45, 7) is 6.41. The van der Waals surface area contributed by atoms with E-state index in [1.54, 1.807) is 7.11 Å². The summed E-state index contributed by atoms with van der Waals surface area (Å²) in [5.74, 6) is 0.737. The summed E-state index contributed by atoms with van der Waals surface area (Å²) in [5, 5.41) is 4.50. The third kappa shape index (κ3) is 4.24. The van der Waals surface area contributed by atoms with Crippen molar-refractivity contribution in [1.82, 2.24) is 9.88 Å². The van der Waals surface area contributed by atoms with Gasteiger partial charge in [-0.25, -0.2) is 0 Å². The number of aromatic nitrogens is 1. The van der Waals surface area contributed by atoms with E-state index < -0.39 is 5.92 Å². The van der Waals surface area contributed by atoms with E-state index >= 15 is 0 Å². The molecule has 6 rings (SSSR count). The molecule has 0 radical (unpaired) electrons. The van der Waals surface area contributed by atoms with E-state index in [9.17, 15) is 9.59 Å². The van der Waals surface area contributed by atoms with Crippen LogP contribution in [0.3, 0.4) is 0 Å². The number of nitrogens with one attached hydrogen (secondary N) is 2. The first-order valence-electron chi connectivity index (χ1n) is 13.2. The van der Waals surface area contributed by atoms with Crippen molar-refractivity contribution in [1.29, 1.82) is 0 Å². The van der Waals surface area contributed by atoms with Gasteiger partial charge in [0.05, 0.1) is 19.2 Å². The first-order chi connectivity index (χ1) is 18.9. The van der Waals surface area contributed by atoms with Crippen LogP contribution >= 0.6 is 0 Å². The molecule has 39 heavy (non-hydrogen) atoms. The fourth-order valence-corrected chi connectivity index (χ4v) is 5.60. The lowest BCUT2D eigenvalue weighted by molar-refractivity contribution is -0.139. The van der Waals surface area contributed by atoms with Crippen LogP contribution in [-0.4, -0.2) is 35.4 Å². The Labute approximate surface area is 227 Å². The maximum Gasteiger partial charge on any atom is 0.259 e. The SMILES string of the molecule is COc1cc(C2C3=C(CN(C(C)=O)C3=O)Nc3cccc4[nH]cc2c34)ccc1OCc1ccc(C(C)C)cc1. The number of methoxy groups -OCH3 is 1. The molecule has 2 aliphatic rings. The van der Waals surface area contributed by atoms with E-state index in [0.29, 0.717) is 29.6 Å². The van der Waals surface area contributed by atoms with Crippen LogP contribution in [0.5, 0.6) is 11.5 Å². The maximum atomic E-state index is 13.6. The van der Waals surface area contributed by atoms with Crippen molar-refractivity contribution in [3.63, 3.8) is 0 Å². The van der Waals surface area contributed by atoms with Crippen molar-refractivity contribution in [3.05, 3.63) is 100 Å². The van der Waals surface area contributed by atoms with Gasteiger partial charge in [-0.1, -0.05) is 50.2 Å². The molecular weight excluding hydrogens is 490 g/mol. The summed E-state index contributed by atoms with van der Waals surface area (Å²) in [6, 6.07) is 20.2. The van der Waals surface area contributed by atoms with Crippen LogP contribution in [0.25, 0.3) is 10.9 Å². The number of hydrogen-bond donors (Lipinski definition) is 2. The molecule has 4 aromatic rings. The van der Waals surface area contributed by atoms with E-state index in [2.05, 4.69) is 48.4 Å². The topological polar surface area (TPSA) is 83.7 Å². The van der Waals surface area contributed by atoms with Gasteiger partial charge < -0.3 is 19.8 Å². The lowest BCUT2D eigenvalue weighted by Crippen LogP contribution is -2.33. The zero-order valence-electron chi connectivity index (χ0n) is 22.5. The minimum Gasteiger partial charge on any atom is -0.493 e. The van der Waals surface area contributed by atoms with Crippen molar-refractivity contribution >= 4 is 28.4 Å². The van der Waals surface area contributed by atoms with Crippen LogP contribution in [0.15, 0.2) is 78.1 Å². The average Bonchev–Trinajstić information content (AvgIpc) is 3.46. The number of carbonyl (C=O) groups is 2. The number of aromatic amines is 1. The molecule has 7 nitrogen and oxygen atoms in total. The number of hydrogen-bond acceptors (Lipinski definition) is 5. The maximum absolute atomic E-state index is 13.6. The van der Waals surface area contributed by atoms with Gasteiger partial charge >= 0.3 is 0 Å². The van der Waals surface area contributed by atoms with Crippen LogP contribution in [-0.2, 0) is 16.2 Å². The summed E-state index contributed by atoms with van der Waals surface area (Å²) < 4.78 is 11.9. The minimum absolute atomic E-state index is 0.221. The molecule has 3 heterocycles. The molecule has 0 saturated heterocycles. The fourth-order valence-electron chi connectivity index (χ4n) is 5.60. The zero-order valence-corrected chi connectivity index (χ0v) is 22.5. The normalized spacial score (nSPS) is 16.4. The highest BCUT2D eigenvalue weighted by Crippen LogP contribution is 2.47. The smallest absolute Gasteiger partial charge is 0.259 e. The van der Waals surface area contributed by atoms with Crippen molar-refractivity contribution in [3.8, 4) is 11.5 Å². The Kier molecular flexibility index (Phi) is 6.14. The molecule has 0 saturated carbocycles. The van der Waals surface area contributed by atoms with Gasteiger partial charge in [0.25, 0.3) is 5.91 Å². The summed E-state index contributed by atoms with van der Waals surface area (Å²) in [7, 11) is 1.62. The standard InChI is InChI=1S/C32H31N3O4/c1-18(2)21-10-8-20(9-11-21)17-39-27-13-12-22(14-28(27)38-4)29-23-15-33-24-6-5-7-25(30(23)24)34-26-16-35(19(3)36)32(37)31(26)29/h5-15,18,29,33-34H,16-17H2,1-4H3. The highest BCUT2D eigenvalue weighted by Gasteiger charge is 2.41. The van der Waals surface area contributed by atoms with E-state index in [1.807, 2.05) is 42.6 Å². The predicted octanol–water partition coefficient (Wildman–Crippen LogP) is 6.08. The molecule has 0 spiro atoms. The van der Waals surface area contributed by atoms with Gasteiger partial charge in [-0.3, -0.25) is 14.5 Å². The van der Waals surface area contributed by atoms with Crippen molar-refractivity contribution < 1.29 is 19.1 Å². The number of H-pyrrole nitrogens is 1. The monoisotopic (exact) mass is 521 g/mol. The van der Waals surface area contributed by atoms with Gasteiger partial charge in [0.2, 0.25) is 5.91 Å². The largest absolute Gasteiger partial charge is 0.493 e. The molecule has 2 aliphatic heterocycles. The molecular formula is C32H31N3O4. The second-order valence-electron chi connectivity index (χ2n) is 10.4. The summed E-state index contributed by atoms with van der Waals surface area (Å²) in [4.78, 5) is 30.6. The number of ether oxygens (including phenoxy) is 2. The van der Waals surface area contributed by atoms with E-state index in [4.69, 9.17) is 9.47 Å². The average molecular weight is 522 g/mol. The molecule has 1 aromatic heterocycles. The molecule has 1 atom stereocenters. The zero-order chi connectivity index (χ0) is 27.3. The molecule has 2 N–H and O–H groups in total. The highest BCUT2D eigenvalue weighted by atomic mass is 16.5. The Morgan fingerprint density at radius 2 is 1.87 bits per heavy atom. The molecule has 3 aromatic carbocycles. The second kappa shape index (κ2) is 9.66. The quantitative estimate of drug-likeness (QED) is 0.321. The Hall–Kier alpha value is -4.52. The first kappa shape index (κ1) is 24.8. The Morgan fingerprint density at radius 1 is 1.08 bits per heavy atom. The second-order valence-corrected chi connectivity index (χ2v) is 10.4. The van der Waals surface area contributed by atoms with Gasteiger partial charge in [0, 0.05) is 41.3 Å². The van der Waals surface area contributed by atoms with Crippen molar-refractivity contribution in [2.45, 2.75) is 39.2 Å². The highest BCUT2D eigenvalue weighted by molar-refractivity contribution is 6.11. The number of imide groups is 1. The van der Waals surface area contributed by atoms with Gasteiger partial charge in [0.15, 0.2) is 11.5 Å². The Bertz CT molecular complexity index is 1630. The van der Waals surface area contributed by atoms with Crippen molar-refractivity contribution in [2.75, 3.05) is 19.0 Å². The van der Waals surface area contributed by atoms with Gasteiger partial charge in [-0.05, 0) is 52.4 Å². The van der Waals surface area contributed by atoms with E-state index in [-0.39, 0.29) is 18.4 Å². The van der Waals surface area contributed by atoms with Crippen LogP contribution in [0.1, 0.15) is 54.9 Å². The number of anilines is 1. The Balaban J connectivity index is 1.38. The third-order valence-corrected chi connectivity index (χ3v) is 7.68. The van der Waals surface area contributed by atoms with Crippen LogP contribution in [0.4, 0.5) is 5.69 Å². The van der Waals surface area contributed by atoms with Gasteiger partial charge in [0.1, 0.15) is 6.61 Å². The van der Waals surface area contributed by atoms with E-state index in [1.165, 1.54) is 17.4 Å². The molecule has 7 heteroatoms. The number of benzene rings is 3. The number of amides is 2. The first-order valence-corrected chi connectivity index (χ1v) is 13.2. The predicted molar refractivity (Wildman–Crippen MR) is 151 cm³/mol. The summed E-state index contributed by atoms with van der Waals surface area (Å²) in [5.41, 5.74) is 7.42. The minimum atomic E-state index is -0.395. The Morgan fingerprint density at radius 3 is 2.59 bits per heavy atom. The van der Waals surface area contributed by atoms with E-state index in [0.717, 1.165) is 39.0 Å². The van der Waals surface area contributed by atoms with Crippen LogP contribution in [0, 0.1) is 0 Å². The molecule has 2 amide bonds. The summed E-state index contributed by atoms with van der Waals surface area (Å²) >= 11 is 0. The number of nitrogens with zero attached hydrogens (tertiary/aromatic N) is 1.